The molecule has 0 N–H and O–H groups in total. The molecule has 0 fully saturated rings. The first-order chi connectivity index (χ1) is 18.5. The molecule has 0 atom stereocenters. The van der Waals surface area contributed by atoms with Gasteiger partial charge in [-0.1, -0.05) is 0 Å². The zero-order valence-electron chi connectivity index (χ0n) is 20.5. The van der Waals surface area contributed by atoms with Gasteiger partial charge in [-0.2, -0.15) is 0 Å². The molecule has 0 aliphatic rings. The SMILES string of the molecule is O=P([O-])([O-])OP(=O)([O-])[O-].O=P([O-])([O-])OP(=O)([O-])[O-].O=P([O-])([O-])OP(=O)([O-])[O-].O=P([O-])([O-])OP(=O)([O-])[O-].O=P([O-])([O-])OP(=O)([O-])[O-].[V].[V].[V].[V]. The van der Waals surface area contributed by atoms with Crippen molar-refractivity contribution in [1.29, 1.82) is 0 Å². The van der Waals surface area contributed by atoms with Gasteiger partial charge in [0.15, 0.2) is 0 Å². The van der Waals surface area contributed by atoms with Crippen molar-refractivity contribution in [3.05, 3.63) is 0 Å². The number of rotatable bonds is 10. The van der Waals surface area contributed by atoms with E-state index >= 15 is 0 Å². The molecular formula is O35P10V4-20. The van der Waals surface area contributed by atoms with Crippen LogP contribution in [0.1, 0.15) is 0 Å². The van der Waals surface area contributed by atoms with Gasteiger partial charge in [0.25, 0.3) is 0 Å². The summed E-state index contributed by atoms with van der Waals surface area (Å²) in [6, 6.07) is 0. The summed E-state index contributed by atoms with van der Waals surface area (Å²) in [5, 5.41) is 0. The van der Waals surface area contributed by atoms with Crippen LogP contribution in [-0.2, 0) is 141 Å². The molecule has 0 aromatic carbocycles. The van der Waals surface area contributed by atoms with Crippen molar-refractivity contribution in [2.45, 2.75) is 0 Å². The number of phosphoric acid groups is 10. The molecule has 0 bridgehead atoms. The molecule has 35 nitrogen and oxygen atoms in total. The van der Waals surface area contributed by atoms with E-state index in [4.69, 9.17) is 0 Å². The van der Waals surface area contributed by atoms with E-state index in [1.807, 2.05) is 0 Å². The van der Waals surface area contributed by atoms with E-state index < -0.39 is 78.2 Å². The molecule has 0 aliphatic carbocycles. The third kappa shape index (κ3) is 112. The molecule has 0 aliphatic heterocycles. The number of hydrogen-bond acceptors (Lipinski definition) is 35. The molecule has 0 heterocycles. The van der Waals surface area contributed by atoms with Crippen LogP contribution in [0.5, 0.6) is 0 Å². The Morgan fingerprint density at radius 2 is 0.224 bits per heavy atom. The van der Waals surface area contributed by atoms with Crippen molar-refractivity contribution in [2.24, 2.45) is 0 Å². The van der Waals surface area contributed by atoms with Gasteiger partial charge in [-0.05, 0) is 0 Å². The maximum atomic E-state index is 9.32. The average Bonchev–Trinajstić information content (AvgIpc) is 2.36. The molecule has 0 amide bonds. The van der Waals surface area contributed by atoms with E-state index in [2.05, 4.69) is 21.6 Å². The minimum Gasteiger partial charge on any atom is -0.790 e. The summed E-state index contributed by atoms with van der Waals surface area (Å²) in [7, 11) is -56.8. The van der Waals surface area contributed by atoms with Crippen LogP contribution in [0.2, 0.25) is 0 Å². The Morgan fingerprint density at radius 1 is 0.184 bits per heavy atom. The van der Waals surface area contributed by atoms with Crippen LogP contribution in [0, 0.1) is 0 Å². The molecule has 49 heteroatoms. The fourth-order valence-electron chi connectivity index (χ4n) is 0.612. The maximum absolute atomic E-state index is 9.32. The minimum atomic E-state index is -5.68. The Hall–Kier alpha value is 3.64. The molecule has 0 rings (SSSR count). The summed E-state index contributed by atoms with van der Waals surface area (Å²) >= 11 is 0. The fourth-order valence-corrected chi connectivity index (χ4v) is 5.51. The van der Waals surface area contributed by atoms with Gasteiger partial charge in [-0.3, -0.25) is 0 Å². The second kappa shape index (κ2) is 28.1. The van der Waals surface area contributed by atoms with Gasteiger partial charge < -0.3 is 165 Å². The second-order valence-corrected chi connectivity index (χ2v) is 17.1. The van der Waals surface area contributed by atoms with Crippen LogP contribution in [0.15, 0.2) is 0 Å². The Kier molecular flexibility index (Phi) is 42.3. The van der Waals surface area contributed by atoms with E-state index in [9.17, 15) is 144 Å². The summed E-state index contributed by atoms with van der Waals surface area (Å²) < 4.78 is 106. The van der Waals surface area contributed by atoms with Crippen LogP contribution < -0.4 is 97.9 Å². The van der Waals surface area contributed by atoms with Crippen molar-refractivity contribution in [3.8, 4) is 0 Å². The van der Waals surface area contributed by atoms with E-state index in [-0.39, 0.29) is 74.2 Å². The van der Waals surface area contributed by atoms with E-state index in [1.54, 1.807) is 0 Å². The van der Waals surface area contributed by atoms with Crippen LogP contribution in [0.25, 0.3) is 0 Å². The Labute approximate surface area is 315 Å². The maximum Gasteiger partial charge on any atom is 0.0655 e. The quantitative estimate of drug-likeness (QED) is 0.183. The predicted octanol–water partition coefficient (Wildman–Crippen LogP) is -16.7. The Morgan fingerprint density at radius 3 is 0.224 bits per heavy atom. The van der Waals surface area contributed by atoms with Crippen molar-refractivity contribution < 1.29 is 239 Å². The van der Waals surface area contributed by atoms with Gasteiger partial charge >= 0.3 is 0 Å². The third-order valence-corrected chi connectivity index (χ3v) is 9.00. The van der Waals surface area contributed by atoms with Gasteiger partial charge in [-0.15, -0.1) is 0 Å². The first-order valence-corrected chi connectivity index (χ1v) is 21.9. The molecule has 0 unspecified atom stereocenters. The standard InChI is InChI=1S/5H4O7P2.4V/c5*1-8(2,3)7-9(4,5)6;;;;/h5*(H2,1,2,3)(H2,4,5,6);;;;/p-20. The molecule has 300 valence electrons. The van der Waals surface area contributed by atoms with Gasteiger partial charge in [0.1, 0.15) is 0 Å². The average molecular weight is 1070 g/mol. The van der Waals surface area contributed by atoms with Crippen molar-refractivity contribution in [2.75, 3.05) is 0 Å². The van der Waals surface area contributed by atoms with Crippen LogP contribution in [0.3, 0.4) is 0 Å². The van der Waals surface area contributed by atoms with E-state index in [1.165, 1.54) is 0 Å². The largest absolute Gasteiger partial charge is 0.790 e. The fraction of sp³-hybridized carbons (Fsp3) is 0. The normalized spacial score (nSPS) is 12.7. The molecule has 0 spiro atoms. The summed E-state index contributed by atoms with van der Waals surface area (Å²) in [6.45, 7) is 0. The summed E-state index contributed by atoms with van der Waals surface area (Å²) in [5.41, 5.74) is 0. The molecule has 4 radical (unpaired) electrons. The molecule has 0 saturated carbocycles. The summed E-state index contributed by atoms with van der Waals surface area (Å²) in [4.78, 5) is 186. The monoisotopic (exact) mass is 1070 g/mol. The third-order valence-electron chi connectivity index (χ3n) is 1.000. The topological polar surface area (TPSA) is 678 Å². The van der Waals surface area contributed by atoms with Crippen molar-refractivity contribution in [3.63, 3.8) is 0 Å². The van der Waals surface area contributed by atoms with Crippen molar-refractivity contribution in [1.82, 2.24) is 0 Å². The first-order valence-electron chi connectivity index (χ1n) is 7.30. The van der Waals surface area contributed by atoms with Crippen LogP contribution in [0.4, 0.5) is 0 Å². The van der Waals surface area contributed by atoms with Gasteiger partial charge in [0.05, 0.1) is 78.2 Å². The number of hydrogen-bond donors (Lipinski definition) is 0. The van der Waals surface area contributed by atoms with Gasteiger partial charge in [-0.25, -0.2) is 0 Å². The Balaban J connectivity index is -0.0000000571. The zero-order chi connectivity index (χ0) is 38.5. The summed E-state index contributed by atoms with van der Waals surface area (Å²) in [5.74, 6) is 0. The van der Waals surface area contributed by atoms with Crippen LogP contribution in [-0.4, -0.2) is 0 Å². The minimum absolute atomic E-state index is 0. The molecular weight excluding hydrogens is 1070 g/mol. The van der Waals surface area contributed by atoms with E-state index in [0.717, 1.165) is 0 Å². The van der Waals surface area contributed by atoms with Gasteiger partial charge in [0, 0.05) is 74.2 Å². The Bertz CT molecular complexity index is 1000. The molecule has 0 aromatic rings. The predicted molar refractivity (Wildman–Crippen MR) is 81.5 cm³/mol. The van der Waals surface area contributed by atoms with Gasteiger partial charge in [0.2, 0.25) is 0 Å². The molecule has 0 aromatic heterocycles. The van der Waals surface area contributed by atoms with Crippen LogP contribution >= 0.6 is 78.2 Å². The molecule has 49 heavy (non-hydrogen) atoms. The summed E-state index contributed by atoms with van der Waals surface area (Å²) in [6.07, 6.45) is 0. The van der Waals surface area contributed by atoms with Crippen molar-refractivity contribution >= 4 is 78.2 Å². The zero-order valence-corrected chi connectivity index (χ0v) is 35.1. The van der Waals surface area contributed by atoms with E-state index in [0.29, 0.717) is 0 Å². The molecule has 0 saturated heterocycles. The second-order valence-electron chi connectivity index (χ2n) is 4.88. The first kappa shape index (κ1) is 73.7. The smallest absolute Gasteiger partial charge is 0.0655 e.